The van der Waals surface area contributed by atoms with E-state index in [1.807, 2.05) is 6.92 Å². The van der Waals surface area contributed by atoms with E-state index < -0.39 is 17.7 Å². The van der Waals surface area contributed by atoms with Crippen LogP contribution in [0.3, 0.4) is 0 Å². The number of ether oxygens (including phenoxy) is 2. The van der Waals surface area contributed by atoms with Crippen molar-refractivity contribution >= 4 is 17.4 Å². The van der Waals surface area contributed by atoms with Crippen molar-refractivity contribution in [2.75, 3.05) is 26.9 Å². The van der Waals surface area contributed by atoms with Crippen LogP contribution in [0.15, 0.2) is 54.1 Å². The first kappa shape index (κ1) is 20.4. The maximum Gasteiger partial charge on any atom is 0.295 e. The molecule has 0 radical (unpaired) electrons. The Morgan fingerprint density at radius 2 is 1.79 bits per heavy atom. The molecule has 0 aromatic heterocycles. The summed E-state index contributed by atoms with van der Waals surface area (Å²) >= 11 is 0. The molecular weight excluding hydrogens is 374 g/mol. The number of ketones is 1. The van der Waals surface area contributed by atoms with Crippen molar-refractivity contribution in [2.45, 2.75) is 13.0 Å². The van der Waals surface area contributed by atoms with Crippen molar-refractivity contribution in [2.24, 2.45) is 0 Å². The molecule has 0 aliphatic carbocycles. The van der Waals surface area contributed by atoms with Crippen LogP contribution in [0.2, 0.25) is 0 Å². The first-order valence-electron chi connectivity index (χ1n) is 9.28. The highest BCUT2D eigenvalue weighted by Gasteiger charge is 2.46. The summed E-state index contributed by atoms with van der Waals surface area (Å²) in [6.45, 7) is 2.00. The average Bonchev–Trinajstić information content (AvgIpc) is 2.99. The Hall–Kier alpha value is -3.32. The number of hydrogen-bond donors (Lipinski definition) is 2. The van der Waals surface area contributed by atoms with Gasteiger partial charge in [0.25, 0.3) is 11.7 Å². The Kier molecular flexibility index (Phi) is 6.19. The van der Waals surface area contributed by atoms with Gasteiger partial charge in [0, 0.05) is 17.7 Å². The van der Waals surface area contributed by atoms with Gasteiger partial charge in [0.15, 0.2) is 0 Å². The zero-order valence-electron chi connectivity index (χ0n) is 16.3. The van der Waals surface area contributed by atoms with Gasteiger partial charge in [-0.2, -0.15) is 0 Å². The number of carbonyl (C=O) groups excluding carboxylic acids is 2. The van der Waals surface area contributed by atoms with E-state index in [-0.39, 0.29) is 24.5 Å². The fraction of sp³-hybridized carbons (Fsp3) is 0.273. The third kappa shape index (κ3) is 3.82. The SMILES string of the molecule is CCOc1ccc(/C(O)=C2/C(=O)C(=O)N(CCO)C2c2ccccc2OC)cc1. The van der Waals surface area contributed by atoms with Gasteiger partial charge >= 0.3 is 0 Å². The number of amides is 1. The fourth-order valence-corrected chi connectivity index (χ4v) is 3.47. The standard InChI is InChI=1S/C22H23NO6/c1-3-29-15-10-8-14(9-11-15)20(25)18-19(16-6-4-5-7-17(16)28-2)23(12-13-24)22(27)21(18)26/h4-11,19,24-25H,3,12-13H2,1-2H3/b20-18-. The highest BCUT2D eigenvalue weighted by atomic mass is 16.5. The van der Waals surface area contributed by atoms with Gasteiger partial charge in [-0.05, 0) is 37.3 Å². The molecule has 29 heavy (non-hydrogen) atoms. The molecule has 2 aromatic carbocycles. The second-order valence-electron chi connectivity index (χ2n) is 6.42. The Bertz CT molecular complexity index is 935. The lowest BCUT2D eigenvalue weighted by molar-refractivity contribution is -0.140. The van der Waals surface area contributed by atoms with Crippen molar-refractivity contribution in [1.29, 1.82) is 0 Å². The molecule has 1 atom stereocenters. The maximum absolute atomic E-state index is 12.8. The molecule has 1 unspecified atom stereocenters. The van der Waals surface area contributed by atoms with E-state index >= 15 is 0 Å². The average molecular weight is 397 g/mol. The summed E-state index contributed by atoms with van der Waals surface area (Å²) in [5.74, 6) is -0.767. The molecule has 0 saturated carbocycles. The van der Waals surface area contributed by atoms with Gasteiger partial charge in [-0.3, -0.25) is 9.59 Å². The summed E-state index contributed by atoms with van der Waals surface area (Å²) in [7, 11) is 1.49. The Labute approximate surface area is 168 Å². The molecule has 152 valence electrons. The van der Waals surface area contributed by atoms with Crippen LogP contribution in [-0.4, -0.2) is 53.7 Å². The maximum atomic E-state index is 12.8. The Morgan fingerprint density at radius 3 is 2.41 bits per heavy atom. The summed E-state index contributed by atoms with van der Waals surface area (Å²) < 4.78 is 10.8. The molecule has 1 amide bonds. The van der Waals surface area contributed by atoms with Crippen LogP contribution >= 0.6 is 0 Å². The van der Waals surface area contributed by atoms with Gasteiger partial charge in [-0.1, -0.05) is 18.2 Å². The topological polar surface area (TPSA) is 96.3 Å². The third-order valence-corrected chi connectivity index (χ3v) is 4.75. The number of Topliss-reactive ketones (excluding diaryl/α,β-unsaturated/α-hetero) is 1. The van der Waals surface area contributed by atoms with Crippen molar-refractivity contribution in [1.82, 2.24) is 4.90 Å². The number of likely N-dealkylation sites (tertiary alicyclic amines) is 1. The molecule has 7 heteroatoms. The number of para-hydroxylation sites is 1. The van der Waals surface area contributed by atoms with Crippen LogP contribution in [0, 0.1) is 0 Å². The summed E-state index contributed by atoms with van der Waals surface area (Å²) in [5, 5.41) is 20.4. The fourth-order valence-electron chi connectivity index (χ4n) is 3.47. The van der Waals surface area contributed by atoms with E-state index in [4.69, 9.17) is 9.47 Å². The molecule has 7 nitrogen and oxygen atoms in total. The molecule has 1 aliphatic heterocycles. The molecule has 3 rings (SSSR count). The summed E-state index contributed by atoms with van der Waals surface area (Å²) in [6, 6.07) is 12.7. The molecule has 0 spiro atoms. The Balaban J connectivity index is 2.16. The van der Waals surface area contributed by atoms with Gasteiger partial charge in [-0.15, -0.1) is 0 Å². The van der Waals surface area contributed by atoms with Gasteiger partial charge in [0.1, 0.15) is 17.3 Å². The Morgan fingerprint density at radius 1 is 1.10 bits per heavy atom. The summed E-state index contributed by atoms with van der Waals surface area (Å²) in [5.41, 5.74) is 0.891. The van der Waals surface area contributed by atoms with Crippen LogP contribution in [-0.2, 0) is 9.59 Å². The lowest BCUT2D eigenvalue weighted by atomic mass is 9.94. The minimum Gasteiger partial charge on any atom is -0.507 e. The second kappa shape index (κ2) is 8.79. The van der Waals surface area contributed by atoms with E-state index in [1.54, 1.807) is 48.5 Å². The van der Waals surface area contributed by atoms with Crippen molar-refractivity contribution in [3.05, 3.63) is 65.2 Å². The van der Waals surface area contributed by atoms with E-state index in [0.29, 0.717) is 29.2 Å². The largest absolute Gasteiger partial charge is 0.507 e. The number of β-amino-alcohol motifs (C(OH)–C–C–N with tert-alkyl or cyclic N) is 1. The zero-order chi connectivity index (χ0) is 21.0. The lowest BCUT2D eigenvalue weighted by Crippen LogP contribution is -2.32. The first-order valence-corrected chi connectivity index (χ1v) is 9.28. The van der Waals surface area contributed by atoms with Gasteiger partial charge in [0.2, 0.25) is 0 Å². The number of hydrogen-bond acceptors (Lipinski definition) is 6. The lowest BCUT2D eigenvalue weighted by Gasteiger charge is -2.25. The van der Waals surface area contributed by atoms with Crippen molar-refractivity contribution in [3.8, 4) is 11.5 Å². The smallest absolute Gasteiger partial charge is 0.295 e. The van der Waals surface area contributed by atoms with Crippen LogP contribution in [0.1, 0.15) is 24.1 Å². The normalized spacial score (nSPS) is 18.2. The molecular formula is C22H23NO6. The van der Waals surface area contributed by atoms with Gasteiger partial charge in [0.05, 0.1) is 31.9 Å². The third-order valence-electron chi connectivity index (χ3n) is 4.75. The predicted molar refractivity (Wildman–Crippen MR) is 107 cm³/mol. The van der Waals surface area contributed by atoms with E-state index in [9.17, 15) is 19.8 Å². The molecule has 2 aromatic rings. The first-order chi connectivity index (χ1) is 14.0. The van der Waals surface area contributed by atoms with Crippen LogP contribution in [0.25, 0.3) is 5.76 Å². The molecule has 1 saturated heterocycles. The molecule has 1 aliphatic rings. The minimum atomic E-state index is -0.870. The molecule has 2 N–H and O–H groups in total. The molecule has 1 fully saturated rings. The predicted octanol–water partition coefficient (Wildman–Crippen LogP) is 2.51. The van der Waals surface area contributed by atoms with Gasteiger partial charge < -0.3 is 24.6 Å². The number of methoxy groups -OCH3 is 1. The summed E-state index contributed by atoms with van der Waals surface area (Å²) in [4.78, 5) is 26.7. The highest BCUT2D eigenvalue weighted by molar-refractivity contribution is 6.46. The highest BCUT2D eigenvalue weighted by Crippen LogP contribution is 2.42. The summed E-state index contributed by atoms with van der Waals surface area (Å²) in [6.07, 6.45) is 0. The quantitative estimate of drug-likeness (QED) is 0.423. The second-order valence-corrected chi connectivity index (χ2v) is 6.42. The van der Waals surface area contributed by atoms with Gasteiger partial charge in [-0.25, -0.2) is 0 Å². The van der Waals surface area contributed by atoms with Crippen LogP contribution in [0.5, 0.6) is 11.5 Å². The number of aliphatic hydroxyl groups excluding tert-OH is 2. The molecule has 0 bridgehead atoms. The number of carbonyl (C=O) groups is 2. The van der Waals surface area contributed by atoms with E-state index in [1.165, 1.54) is 12.0 Å². The number of aliphatic hydroxyl groups is 2. The number of rotatable bonds is 7. The zero-order valence-corrected chi connectivity index (χ0v) is 16.3. The van der Waals surface area contributed by atoms with E-state index in [2.05, 4.69) is 0 Å². The van der Waals surface area contributed by atoms with Crippen molar-refractivity contribution in [3.63, 3.8) is 0 Å². The minimum absolute atomic E-state index is 0.0443. The van der Waals surface area contributed by atoms with Crippen LogP contribution in [0.4, 0.5) is 0 Å². The number of benzene rings is 2. The molecule has 1 heterocycles. The van der Waals surface area contributed by atoms with Crippen LogP contribution < -0.4 is 9.47 Å². The van der Waals surface area contributed by atoms with Crippen molar-refractivity contribution < 1.29 is 29.3 Å². The monoisotopic (exact) mass is 397 g/mol. The van der Waals surface area contributed by atoms with E-state index in [0.717, 1.165) is 0 Å². The number of nitrogens with zero attached hydrogens (tertiary/aromatic N) is 1.